The number of nitrogens with one attached hydrogen (secondary N) is 1. The quantitative estimate of drug-likeness (QED) is 0.287. The first-order valence-corrected chi connectivity index (χ1v) is 15.2. The number of carbonyl (C=O) groups is 3. The predicted molar refractivity (Wildman–Crippen MR) is 171 cm³/mol. The van der Waals surface area contributed by atoms with Crippen LogP contribution in [0.1, 0.15) is 30.5 Å². The standard InChI is InChI=1S/C35H37FN6O3/c1-23(2)42(35(45)38-19-25-10-14-28(36)15-11-25)40-22-33(43)41-31(18-24-12-16-29(37)17-13-24)34(44)39(21-32(40)41)20-27-8-5-7-26-6-3-4-9-30(26)27/h3-17,23,31-32H,18-22,37H2,1-2H3,(H,38,45)/t31-,32+/m0/s1. The summed E-state index contributed by atoms with van der Waals surface area (Å²) in [7, 11) is 0. The molecule has 2 saturated heterocycles. The molecule has 4 amide bonds. The summed E-state index contributed by atoms with van der Waals surface area (Å²) in [6.45, 7) is 4.53. The summed E-state index contributed by atoms with van der Waals surface area (Å²) in [5.41, 5.74) is 9.18. The number of piperazine rings is 1. The summed E-state index contributed by atoms with van der Waals surface area (Å²) in [6.07, 6.45) is -0.234. The second kappa shape index (κ2) is 12.6. The van der Waals surface area contributed by atoms with Crippen molar-refractivity contribution in [2.24, 2.45) is 0 Å². The molecule has 10 heteroatoms. The first kappa shape index (κ1) is 30.1. The normalized spacial score (nSPS) is 18.5. The molecule has 0 unspecified atom stereocenters. The second-order valence-corrected chi connectivity index (χ2v) is 11.9. The van der Waals surface area contributed by atoms with Gasteiger partial charge in [-0.05, 0) is 65.6 Å². The highest BCUT2D eigenvalue weighted by Gasteiger charge is 2.52. The highest BCUT2D eigenvalue weighted by Crippen LogP contribution is 2.32. The Morgan fingerprint density at radius 1 is 0.956 bits per heavy atom. The predicted octanol–water partition coefficient (Wildman–Crippen LogP) is 4.52. The Bertz CT molecular complexity index is 1710. The van der Waals surface area contributed by atoms with Crippen molar-refractivity contribution in [3.05, 3.63) is 114 Å². The Balaban J connectivity index is 1.31. The molecule has 232 valence electrons. The van der Waals surface area contributed by atoms with Crippen LogP contribution in [0.3, 0.4) is 0 Å². The fraction of sp³-hybridized carbons (Fsp3) is 0.286. The van der Waals surface area contributed by atoms with Gasteiger partial charge in [-0.15, -0.1) is 0 Å². The molecule has 2 heterocycles. The van der Waals surface area contributed by atoms with Gasteiger partial charge in [-0.25, -0.2) is 9.18 Å². The van der Waals surface area contributed by atoms with Crippen molar-refractivity contribution in [3.8, 4) is 0 Å². The summed E-state index contributed by atoms with van der Waals surface area (Å²) in [4.78, 5) is 45.1. The Labute approximate surface area is 262 Å². The number of anilines is 1. The number of nitrogens with zero attached hydrogens (tertiary/aromatic N) is 4. The van der Waals surface area contributed by atoms with Gasteiger partial charge in [-0.3, -0.25) is 14.6 Å². The summed E-state index contributed by atoms with van der Waals surface area (Å²) in [5.74, 6) is -0.698. The van der Waals surface area contributed by atoms with Crippen molar-refractivity contribution in [1.29, 1.82) is 0 Å². The second-order valence-electron chi connectivity index (χ2n) is 11.9. The lowest BCUT2D eigenvalue weighted by Gasteiger charge is -2.47. The number of carbonyl (C=O) groups excluding carboxylic acids is 3. The maximum absolute atomic E-state index is 14.2. The Hall–Kier alpha value is -4.96. The van der Waals surface area contributed by atoms with Gasteiger partial charge in [0, 0.05) is 31.2 Å². The van der Waals surface area contributed by atoms with E-state index in [-0.39, 0.29) is 49.3 Å². The van der Waals surface area contributed by atoms with Gasteiger partial charge in [0.25, 0.3) is 0 Å². The number of urea groups is 1. The van der Waals surface area contributed by atoms with Gasteiger partial charge < -0.3 is 20.9 Å². The van der Waals surface area contributed by atoms with E-state index in [1.54, 1.807) is 39.2 Å². The van der Waals surface area contributed by atoms with Gasteiger partial charge in [-0.1, -0.05) is 66.7 Å². The number of benzene rings is 4. The van der Waals surface area contributed by atoms with Crippen LogP contribution in [-0.4, -0.2) is 69.0 Å². The number of nitrogen functional groups attached to an aromatic ring is 1. The fourth-order valence-electron chi connectivity index (χ4n) is 6.39. The largest absolute Gasteiger partial charge is 0.399 e. The first-order valence-electron chi connectivity index (χ1n) is 15.2. The van der Waals surface area contributed by atoms with E-state index in [9.17, 15) is 18.8 Å². The van der Waals surface area contributed by atoms with E-state index in [4.69, 9.17) is 5.73 Å². The molecule has 4 aromatic rings. The number of amides is 4. The summed E-state index contributed by atoms with van der Waals surface area (Å²) in [5, 5.41) is 8.42. The maximum Gasteiger partial charge on any atom is 0.332 e. The highest BCUT2D eigenvalue weighted by atomic mass is 19.1. The Morgan fingerprint density at radius 3 is 2.38 bits per heavy atom. The van der Waals surface area contributed by atoms with Crippen LogP contribution in [0.15, 0.2) is 91.0 Å². The smallest absolute Gasteiger partial charge is 0.332 e. The van der Waals surface area contributed by atoms with E-state index in [0.717, 1.165) is 27.5 Å². The van der Waals surface area contributed by atoms with Crippen molar-refractivity contribution >= 4 is 34.3 Å². The molecule has 2 aliphatic rings. The average Bonchev–Trinajstić information content (AvgIpc) is 3.34. The SMILES string of the molecule is CC(C)N(C(=O)NCc1ccc(F)cc1)N1CC(=O)N2[C@@H](Cc3ccc(N)cc3)C(=O)N(Cc3cccc4ccccc34)C[C@@H]21. The molecular formula is C35H37FN6O3. The van der Waals surface area contributed by atoms with Crippen molar-refractivity contribution in [3.63, 3.8) is 0 Å². The summed E-state index contributed by atoms with van der Waals surface area (Å²) < 4.78 is 13.4. The lowest BCUT2D eigenvalue weighted by molar-refractivity contribution is -0.158. The third-order valence-corrected chi connectivity index (χ3v) is 8.55. The van der Waals surface area contributed by atoms with Gasteiger partial charge in [0.1, 0.15) is 18.0 Å². The van der Waals surface area contributed by atoms with Crippen LogP contribution in [0, 0.1) is 5.82 Å². The molecule has 0 spiro atoms. The molecule has 4 aromatic carbocycles. The molecule has 0 aromatic heterocycles. The maximum atomic E-state index is 14.2. The van der Waals surface area contributed by atoms with Crippen LogP contribution in [0.4, 0.5) is 14.9 Å². The molecule has 2 fully saturated rings. The molecular weight excluding hydrogens is 571 g/mol. The third kappa shape index (κ3) is 6.19. The van der Waals surface area contributed by atoms with E-state index in [1.165, 1.54) is 12.1 Å². The minimum Gasteiger partial charge on any atom is -0.399 e. The van der Waals surface area contributed by atoms with Crippen molar-refractivity contribution < 1.29 is 18.8 Å². The Kier molecular flexibility index (Phi) is 8.40. The van der Waals surface area contributed by atoms with Gasteiger partial charge in [0.05, 0.1) is 13.1 Å². The lowest BCUT2D eigenvalue weighted by Crippen LogP contribution is -2.66. The van der Waals surface area contributed by atoms with E-state index in [2.05, 4.69) is 11.4 Å². The molecule has 2 atom stereocenters. The molecule has 9 nitrogen and oxygen atoms in total. The number of fused-ring (bicyclic) bond motifs is 2. The summed E-state index contributed by atoms with van der Waals surface area (Å²) in [6, 6.07) is 26.0. The topological polar surface area (TPSA) is 102 Å². The molecule has 2 aliphatic heterocycles. The van der Waals surface area contributed by atoms with E-state index in [0.29, 0.717) is 18.7 Å². The molecule has 6 rings (SSSR count). The Morgan fingerprint density at radius 2 is 1.64 bits per heavy atom. The zero-order valence-electron chi connectivity index (χ0n) is 25.4. The highest BCUT2D eigenvalue weighted by molar-refractivity contribution is 5.92. The zero-order valence-corrected chi connectivity index (χ0v) is 25.4. The molecule has 0 aliphatic carbocycles. The van der Waals surface area contributed by atoms with Gasteiger partial charge in [0.15, 0.2) is 0 Å². The molecule has 45 heavy (non-hydrogen) atoms. The van der Waals surface area contributed by atoms with E-state index >= 15 is 0 Å². The van der Waals surface area contributed by atoms with E-state index < -0.39 is 12.2 Å². The first-order chi connectivity index (χ1) is 21.7. The molecule has 0 saturated carbocycles. The minimum atomic E-state index is -0.754. The lowest BCUT2D eigenvalue weighted by atomic mass is 9.99. The third-order valence-electron chi connectivity index (χ3n) is 8.55. The van der Waals surface area contributed by atoms with Gasteiger partial charge >= 0.3 is 6.03 Å². The fourth-order valence-corrected chi connectivity index (χ4v) is 6.39. The number of hydrogen-bond donors (Lipinski definition) is 2. The van der Waals surface area contributed by atoms with Gasteiger partial charge in [-0.2, -0.15) is 5.01 Å². The van der Waals surface area contributed by atoms with Crippen LogP contribution >= 0.6 is 0 Å². The monoisotopic (exact) mass is 608 g/mol. The zero-order chi connectivity index (χ0) is 31.7. The number of halogens is 1. The van der Waals surface area contributed by atoms with Crippen molar-refractivity contribution in [2.75, 3.05) is 18.8 Å². The van der Waals surface area contributed by atoms with Crippen LogP contribution < -0.4 is 11.1 Å². The number of rotatable bonds is 8. The molecule has 0 radical (unpaired) electrons. The van der Waals surface area contributed by atoms with E-state index in [1.807, 2.05) is 67.3 Å². The van der Waals surface area contributed by atoms with Crippen LogP contribution in [0.25, 0.3) is 10.8 Å². The van der Waals surface area contributed by atoms with Gasteiger partial charge in [0.2, 0.25) is 11.8 Å². The molecule has 0 bridgehead atoms. The number of hydrogen-bond acceptors (Lipinski definition) is 5. The van der Waals surface area contributed by atoms with Crippen LogP contribution in [0.2, 0.25) is 0 Å². The average molecular weight is 609 g/mol. The van der Waals surface area contributed by atoms with Crippen molar-refractivity contribution in [2.45, 2.75) is 51.6 Å². The van der Waals surface area contributed by atoms with Crippen LogP contribution in [-0.2, 0) is 29.1 Å². The van der Waals surface area contributed by atoms with Crippen molar-refractivity contribution in [1.82, 2.24) is 25.1 Å². The molecule has 3 N–H and O–H groups in total. The number of nitrogens with two attached hydrogens (primary N) is 1. The number of hydrazine groups is 1. The van der Waals surface area contributed by atoms with Crippen LogP contribution in [0.5, 0.6) is 0 Å². The minimum absolute atomic E-state index is 0.0412. The summed E-state index contributed by atoms with van der Waals surface area (Å²) >= 11 is 0.